The van der Waals surface area contributed by atoms with Crippen LogP contribution in [0.15, 0.2) is 35.1 Å². The third-order valence-electron chi connectivity index (χ3n) is 9.98. The number of halogens is 1. The molecule has 2 amide bonds. The van der Waals surface area contributed by atoms with Gasteiger partial charge in [-0.1, -0.05) is 13.0 Å². The number of nitrogens with one attached hydrogen (secondary N) is 2. The van der Waals surface area contributed by atoms with E-state index in [9.17, 15) is 24.3 Å². The average molecular weight is 699 g/mol. The van der Waals surface area contributed by atoms with Gasteiger partial charge in [-0.15, -0.1) is 0 Å². The Kier molecular flexibility index (Phi) is 8.16. The van der Waals surface area contributed by atoms with E-state index in [1.807, 2.05) is 0 Å². The summed E-state index contributed by atoms with van der Waals surface area (Å²) in [6.45, 7) is 8.53. The Labute approximate surface area is 292 Å². The van der Waals surface area contributed by atoms with Crippen molar-refractivity contribution >= 4 is 34.6 Å². The van der Waals surface area contributed by atoms with Crippen LogP contribution in [0.1, 0.15) is 85.5 Å². The van der Waals surface area contributed by atoms with E-state index >= 15 is 4.39 Å². The number of aliphatic hydroxyl groups is 1. The topological polar surface area (TPSA) is 158 Å². The normalized spacial score (nSPS) is 18.7. The summed E-state index contributed by atoms with van der Waals surface area (Å²) in [7, 11) is 1.46. The van der Waals surface area contributed by atoms with E-state index in [4.69, 9.17) is 19.2 Å². The zero-order valence-electron chi connectivity index (χ0n) is 29.3. The number of pyridine rings is 2. The Morgan fingerprint density at radius 1 is 1.16 bits per heavy atom. The fourth-order valence-electron chi connectivity index (χ4n) is 7.49. The first-order valence-corrected chi connectivity index (χ1v) is 16.9. The minimum atomic E-state index is -1.99. The van der Waals surface area contributed by atoms with Crippen LogP contribution in [0.3, 0.4) is 0 Å². The molecule has 0 saturated heterocycles. The van der Waals surface area contributed by atoms with Crippen LogP contribution in [-0.4, -0.2) is 45.3 Å². The molecule has 0 saturated carbocycles. The standard InChI is InChI=1S/C38H39FN4O8/c1-7-38(48)23-14-28-33-21(16-43(28)34(45)22(23)17-50-35(38)46)32-26(11-9-20-18(2)24(39)15-27(41-33)31(20)32)40-30(44)13-19-8-10-25(29(12-19)49-6)42-36(47)51-37(3,4)5/h8,10,12,14-15,26,48H,7,9,11,13,16-17H2,1-6H3,(H,40,44)(H,42,47)/t26-,38-/m0/s1. The Hall–Kier alpha value is -5.30. The number of rotatable bonds is 6. The minimum absolute atomic E-state index is 0.00132. The lowest BCUT2D eigenvalue weighted by atomic mass is 9.81. The van der Waals surface area contributed by atoms with Gasteiger partial charge in [0, 0.05) is 22.6 Å². The number of amides is 2. The van der Waals surface area contributed by atoms with E-state index in [0.29, 0.717) is 57.9 Å². The maximum atomic E-state index is 15.3. The molecule has 3 N–H and O–H groups in total. The van der Waals surface area contributed by atoms with Crippen LogP contribution in [0.4, 0.5) is 14.9 Å². The fourth-order valence-corrected chi connectivity index (χ4v) is 7.49. The van der Waals surface area contributed by atoms with Gasteiger partial charge in [0.2, 0.25) is 5.91 Å². The number of benzene rings is 2. The van der Waals surface area contributed by atoms with Crippen LogP contribution in [0, 0.1) is 12.7 Å². The second-order valence-electron chi connectivity index (χ2n) is 14.3. The number of esters is 1. The van der Waals surface area contributed by atoms with Gasteiger partial charge < -0.3 is 29.2 Å². The largest absolute Gasteiger partial charge is 0.495 e. The van der Waals surface area contributed by atoms with Crippen molar-refractivity contribution in [2.45, 2.75) is 90.7 Å². The number of fused-ring (bicyclic) bond motifs is 5. The Morgan fingerprint density at radius 2 is 1.92 bits per heavy atom. The van der Waals surface area contributed by atoms with Gasteiger partial charge in [0.1, 0.15) is 23.8 Å². The molecule has 0 spiro atoms. The van der Waals surface area contributed by atoms with Gasteiger partial charge >= 0.3 is 12.1 Å². The predicted molar refractivity (Wildman–Crippen MR) is 185 cm³/mol. The summed E-state index contributed by atoms with van der Waals surface area (Å²) < 4.78 is 32.9. The summed E-state index contributed by atoms with van der Waals surface area (Å²) in [5.74, 6) is -1.14. The van der Waals surface area contributed by atoms with Gasteiger partial charge in [0.25, 0.3) is 5.56 Å². The number of nitrogens with zero attached hydrogens (tertiary/aromatic N) is 2. The molecule has 2 atom stereocenters. The number of methoxy groups -OCH3 is 1. The van der Waals surface area contributed by atoms with Crippen LogP contribution in [0.5, 0.6) is 5.75 Å². The van der Waals surface area contributed by atoms with Gasteiger partial charge in [-0.3, -0.25) is 14.9 Å². The molecule has 2 aromatic heterocycles. The van der Waals surface area contributed by atoms with E-state index in [1.54, 1.807) is 58.9 Å². The maximum absolute atomic E-state index is 15.3. The molecule has 3 aliphatic rings. The highest BCUT2D eigenvalue weighted by atomic mass is 19.1. The van der Waals surface area contributed by atoms with E-state index < -0.39 is 40.7 Å². The van der Waals surface area contributed by atoms with E-state index in [1.165, 1.54) is 17.7 Å². The molecule has 0 radical (unpaired) electrons. The zero-order valence-corrected chi connectivity index (χ0v) is 29.3. The summed E-state index contributed by atoms with van der Waals surface area (Å²) in [4.78, 5) is 57.5. The first-order chi connectivity index (χ1) is 24.1. The summed E-state index contributed by atoms with van der Waals surface area (Å²) in [5.41, 5.74) is 2.35. The molecule has 2 aromatic carbocycles. The number of aryl methyl sites for hydroxylation is 1. The van der Waals surface area contributed by atoms with E-state index in [0.717, 1.165) is 16.5 Å². The Balaban J connectivity index is 1.25. The molecule has 13 heteroatoms. The van der Waals surface area contributed by atoms with Crippen molar-refractivity contribution in [2.75, 3.05) is 12.4 Å². The Morgan fingerprint density at radius 3 is 2.63 bits per heavy atom. The molecule has 51 heavy (non-hydrogen) atoms. The molecule has 4 heterocycles. The number of carbonyl (C=O) groups is 3. The number of cyclic esters (lactones) is 1. The quantitative estimate of drug-likeness (QED) is 0.202. The number of carbonyl (C=O) groups excluding carboxylic acids is 3. The summed E-state index contributed by atoms with van der Waals surface area (Å²) >= 11 is 0. The molecule has 1 aliphatic carbocycles. The summed E-state index contributed by atoms with van der Waals surface area (Å²) in [5, 5.41) is 17.9. The summed E-state index contributed by atoms with van der Waals surface area (Å²) in [6.07, 6.45) is 0.351. The Bertz CT molecular complexity index is 2240. The lowest BCUT2D eigenvalue weighted by Crippen LogP contribution is -2.44. The van der Waals surface area contributed by atoms with Crippen LogP contribution in [0.2, 0.25) is 0 Å². The van der Waals surface area contributed by atoms with E-state index in [-0.39, 0.29) is 43.0 Å². The second-order valence-corrected chi connectivity index (χ2v) is 14.3. The molecule has 2 aliphatic heterocycles. The molecule has 266 valence electrons. The van der Waals surface area contributed by atoms with Crippen molar-refractivity contribution in [3.63, 3.8) is 0 Å². The van der Waals surface area contributed by atoms with Gasteiger partial charge in [0.15, 0.2) is 5.60 Å². The molecule has 0 bridgehead atoms. The highest BCUT2D eigenvalue weighted by molar-refractivity contribution is 5.94. The highest BCUT2D eigenvalue weighted by Gasteiger charge is 2.46. The molecular weight excluding hydrogens is 659 g/mol. The van der Waals surface area contributed by atoms with E-state index in [2.05, 4.69) is 10.6 Å². The predicted octanol–water partition coefficient (Wildman–Crippen LogP) is 5.23. The SMILES string of the molecule is CC[C@@]1(O)C(=O)OCc2c1cc1n(c2=O)Cc2c-1nc1cc(F)c(C)c3c1c2[C@@H](NC(=O)Cc1ccc(NC(=O)OC(C)(C)C)c(OC)c1)CC3. The molecular formula is C38H39FN4O8. The van der Waals surface area contributed by atoms with Crippen LogP contribution in [0.25, 0.3) is 22.3 Å². The number of hydrogen-bond donors (Lipinski definition) is 3. The summed E-state index contributed by atoms with van der Waals surface area (Å²) in [6, 6.07) is 7.55. The smallest absolute Gasteiger partial charge is 0.412 e. The van der Waals surface area contributed by atoms with Crippen molar-refractivity contribution in [3.8, 4) is 17.1 Å². The number of aromatic nitrogens is 2. The first-order valence-electron chi connectivity index (χ1n) is 16.9. The van der Waals surface area contributed by atoms with Crippen molar-refractivity contribution in [1.82, 2.24) is 14.9 Å². The minimum Gasteiger partial charge on any atom is -0.495 e. The number of ether oxygens (including phenoxy) is 3. The lowest BCUT2D eigenvalue weighted by molar-refractivity contribution is -0.172. The fraction of sp³-hybridized carbons (Fsp3) is 0.395. The number of hydrogen-bond acceptors (Lipinski definition) is 9. The average Bonchev–Trinajstić information content (AvgIpc) is 3.44. The van der Waals surface area contributed by atoms with Crippen molar-refractivity contribution < 1.29 is 38.1 Å². The lowest BCUT2D eigenvalue weighted by Gasteiger charge is -2.31. The van der Waals surface area contributed by atoms with Crippen molar-refractivity contribution in [1.29, 1.82) is 0 Å². The van der Waals surface area contributed by atoms with Crippen LogP contribution < -0.4 is 20.9 Å². The van der Waals surface area contributed by atoms with Gasteiger partial charge in [0.05, 0.1) is 54.3 Å². The monoisotopic (exact) mass is 698 g/mol. The number of anilines is 1. The van der Waals surface area contributed by atoms with Crippen molar-refractivity contribution in [2.24, 2.45) is 0 Å². The van der Waals surface area contributed by atoms with Gasteiger partial charge in [-0.2, -0.15) is 0 Å². The zero-order chi connectivity index (χ0) is 36.6. The second kappa shape index (κ2) is 12.2. The molecule has 0 fully saturated rings. The highest BCUT2D eigenvalue weighted by Crippen LogP contribution is 2.46. The maximum Gasteiger partial charge on any atom is 0.412 e. The molecule has 7 rings (SSSR count). The van der Waals surface area contributed by atoms with Gasteiger partial charge in [-0.25, -0.2) is 19.0 Å². The first kappa shape index (κ1) is 34.2. The van der Waals surface area contributed by atoms with Crippen molar-refractivity contribution in [3.05, 3.63) is 85.4 Å². The molecule has 0 unspecified atom stereocenters. The third-order valence-corrected chi connectivity index (χ3v) is 9.98. The molecule has 12 nitrogen and oxygen atoms in total. The van der Waals surface area contributed by atoms with Gasteiger partial charge in [-0.05, 0) is 87.4 Å². The van der Waals surface area contributed by atoms with Crippen LogP contribution in [-0.2, 0) is 50.7 Å². The van der Waals surface area contributed by atoms with Crippen LogP contribution >= 0.6 is 0 Å². The third kappa shape index (κ3) is 5.69. The molecule has 4 aromatic rings.